The number of aromatic nitrogens is 3. The van der Waals surface area contributed by atoms with Gasteiger partial charge in [0.2, 0.25) is 5.82 Å². The van der Waals surface area contributed by atoms with Gasteiger partial charge in [-0.1, -0.05) is 17.8 Å². The van der Waals surface area contributed by atoms with E-state index in [1.807, 2.05) is 5.38 Å². The molecule has 0 bridgehead atoms. The number of nitrogens with one attached hydrogen (secondary N) is 1. The molecule has 0 fully saturated rings. The molecule has 0 atom stereocenters. The minimum absolute atomic E-state index is 0.00967. The van der Waals surface area contributed by atoms with Gasteiger partial charge in [0, 0.05) is 30.1 Å². The number of hydrogen-bond donors (Lipinski definition) is 1. The van der Waals surface area contributed by atoms with Crippen molar-refractivity contribution in [2.45, 2.75) is 10.8 Å². The van der Waals surface area contributed by atoms with Crippen LogP contribution in [0.3, 0.4) is 0 Å². The van der Waals surface area contributed by atoms with Crippen molar-refractivity contribution in [3.8, 4) is 0 Å². The third kappa shape index (κ3) is 3.54. The van der Waals surface area contributed by atoms with Gasteiger partial charge in [-0.3, -0.25) is 19.3 Å². The first-order valence-corrected chi connectivity index (χ1v) is 8.95. The number of thiazole rings is 1. The Morgan fingerprint density at radius 3 is 3.04 bits per heavy atom. The standard InChI is InChI=1S/C14H13N5O3S2/c20-13-11(19(21)22)12(17-10-4-1-2-7-18(10)13)15-5-3-8-23-14-16-6-9-24-14/h1-2,4,6-7,9,15H,3,5,8H2. The van der Waals surface area contributed by atoms with E-state index < -0.39 is 16.2 Å². The van der Waals surface area contributed by atoms with Crippen LogP contribution in [0.25, 0.3) is 5.65 Å². The molecule has 3 aromatic heterocycles. The van der Waals surface area contributed by atoms with Crippen molar-refractivity contribution in [1.82, 2.24) is 14.4 Å². The van der Waals surface area contributed by atoms with E-state index in [1.54, 1.807) is 47.5 Å². The molecule has 0 aliphatic carbocycles. The molecule has 0 radical (unpaired) electrons. The SMILES string of the molecule is O=c1c([N+](=O)[O-])c(NCCCSc2nccs2)nc2ccccn12. The maximum absolute atomic E-state index is 12.3. The maximum Gasteiger partial charge on any atom is 0.376 e. The van der Waals surface area contributed by atoms with E-state index in [2.05, 4.69) is 15.3 Å². The quantitative estimate of drug-likeness (QED) is 0.298. The Balaban J connectivity index is 1.72. The summed E-state index contributed by atoms with van der Waals surface area (Å²) in [6.45, 7) is 0.481. The molecule has 0 aromatic carbocycles. The highest BCUT2D eigenvalue weighted by Crippen LogP contribution is 2.21. The minimum atomic E-state index is -0.693. The number of anilines is 1. The molecule has 0 saturated carbocycles. The van der Waals surface area contributed by atoms with Gasteiger partial charge in [0.15, 0.2) is 0 Å². The molecule has 0 amide bonds. The Hall–Kier alpha value is -2.46. The van der Waals surface area contributed by atoms with Gasteiger partial charge in [0.25, 0.3) is 0 Å². The van der Waals surface area contributed by atoms with Crippen LogP contribution in [0.2, 0.25) is 0 Å². The van der Waals surface area contributed by atoms with Crippen LogP contribution in [0.5, 0.6) is 0 Å². The minimum Gasteiger partial charge on any atom is -0.364 e. The smallest absolute Gasteiger partial charge is 0.364 e. The zero-order valence-electron chi connectivity index (χ0n) is 12.4. The molecule has 3 rings (SSSR count). The summed E-state index contributed by atoms with van der Waals surface area (Å²) in [6, 6.07) is 4.99. The first-order chi connectivity index (χ1) is 11.7. The predicted molar refractivity (Wildman–Crippen MR) is 94.1 cm³/mol. The second-order valence-electron chi connectivity index (χ2n) is 4.73. The first-order valence-electron chi connectivity index (χ1n) is 7.09. The molecule has 124 valence electrons. The van der Waals surface area contributed by atoms with E-state index in [9.17, 15) is 14.9 Å². The number of pyridine rings is 1. The third-order valence-electron chi connectivity index (χ3n) is 3.14. The van der Waals surface area contributed by atoms with Crippen molar-refractivity contribution in [2.24, 2.45) is 0 Å². The topological polar surface area (TPSA) is 102 Å². The summed E-state index contributed by atoms with van der Waals surface area (Å²) in [7, 11) is 0. The summed E-state index contributed by atoms with van der Waals surface area (Å²) >= 11 is 3.20. The maximum atomic E-state index is 12.3. The summed E-state index contributed by atoms with van der Waals surface area (Å²) in [5, 5.41) is 16.1. The van der Waals surface area contributed by atoms with Gasteiger partial charge < -0.3 is 5.32 Å². The van der Waals surface area contributed by atoms with Crippen molar-refractivity contribution in [1.29, 1.82) is 0 Å². The fraction of sp³-hybridized carbons (Fsp3) is 0.214. The summed E-state index contributed by atoms with van der Waals surface area (Å²) < 4.78 is 2.16. The zero-order valence-corrected chi connectivity index (χ0v) is 14.0. The molecule has 24 heavy (non-hydrogen) atoms. The van der Waals surface area contributed by atoms with Crippen molar-refractivity contribution in [3.05, 3.63) is 56.4 Å². The van der Waals surface area contributed by atoms with Crippen molar-refractivity contribution in [3.63, 3.8) is 0 Å². The van der Waals surface area contributed by atoms with Crippen LogP contribution < -0.4 is 10.9 Å². The monoisotopic (exact) mass is 363 g/mol. The molecule has 0 aliphatic heterocycles. The van der Waals surface area contributed by atoms with Gasteiger partial charge in [0.05, 0.1) is 4.92 Å². The van der Waals surface area contributed by atoms with E-state index in [1.165, 1.54) is 10.6 Å². The van der Waals surface area contributed by atoms with Crippen molar-refractivity contribution >= 4 is 40.3 Å². The van der Waals surface area contributed by atoms with Crippen LogP contribution in [-0.4, -0.2) is 31.6 Å². The third-order valence-corrected chi connectivity index (χ3v) is 5.19. The normalized spacial score (nSPS) is 10.8. The Kier molecular flexibility index (Phi) is 5.06. The van der Waals surface area contributed by atoms with E-state index in [4.69, 9.17) is 0 Å². The lowest BCUT2D eigenvalue weighted by Crippen LogP contribution is -2.21. The highest BCUT2D eigenvalue weighted by atomic mass is 32.2. The Morgan fingerprint density at radius 1 is 1.42 bits per heavy atom. The first kappa shape index (κ1) is 16.4. The molecule has 3 aromatic rings. The number of fused-ring (bicyclic) bond motifs is 1. The molecule has 0 spiro atoms. The lowest BCUT2D eigenvalue weighted by molar-refractivity contribution is -0.385. The number of nitro groups is 1. The van der Waals surface area contributed by atoms with Crippen LogP contribution >= 0.6 is 23.1 Å². The van der Waals surface area contributed by atoms with E-state index in [0.29, 0.717) is 12.2 Å². The Labute approximate surface area is 144 Å². The summed E-state index contributed by atoms with van der Waals surface area (Å²) in [4.78, 5) is 31.2. The molecular formula is C14H13N5O3S2. The lowest BCUT2D eigenvalue weighted by atomic mass is 10.4. The molecule has 8 nitrogen and oxygen atoms in total. The fourth-order valence-electron chi connectivity index (χ4n) is 2.09. The van der Waals surface area contributed by atoms with Crippen LogP contribution in [0, 0.1) is 10.1 Å². The summed E-state index contributed by atoms with van der Waals surface area (Å²) in [5.41, 5.74) is -0.857. The van der Waals surface area contributed by atoms with Crippen molar-refractivity contribution in [2.75, 3.05) is 17.6 Å². The van der Waals surface area contributed by atoms with Gasteiger partial charge in [-0.05, 0) is 18.6 Å². The van der Waals surface area contributed by atoms with E-state index in [-0.39, 0.29) is 5.82 Å². The molecule has 0 saturated heterocycles. The molecule has 0 unspecified atom stereocenters. The van der Waals surface area contributed by atoms with Crippen LogP contribution in [-0.2, 0) is 0 Å². The average molecular weight is 363 g/mol. The van der Waals surface area contributed by atoms with Gasteiger partial charge in [-0.15, -0.1) is 11.3 Å². The highest BCUT2D eigenvalue weighted by molar-refractivity contribution is 8.00. The predicted octanol–water partition coefficient (Wildman–Crippen LogP) is 2.65. The fourth-order valence-corrected chi connectivity index (χ4v) is 3.74. The highest BCUT2D eigenvalue weighted by Gasteiger charge is 2.22. The second-order valence-corrected chi connectivity index (χ2v) is 6.96. The molecule has 3 heterocycles. The van der Waals surface area contributed by atoms with Gasteiger partial charge in [-0.2, -0.15) is 0 Å². The Bertz CT molecular complexity index is 910. The lowest BCUT2D eigenvalue weighted by Gasteiger charge is -2.07. The molecule has 0 aliphatic rings. The largest absolute Gasteiger partial charge is 0.376 e. The van der Waals surface area contributed by atoms with Crippen molar-refractivity contribution < 1.29 is 4.92 Å². The van der Waals surface area contributed by atoms with E-state index in [0.717, 1.165) is 16.5 Å². The van der Waals surface area contributed by atoms with Crippen LogP contribution in [0.4, 0.5) is 11.5 Å². The molecule has 10 heteroatoms. The Morgan fingerprint density at radius 2 is 2.29 bits per heavy atom. The average Bonchev–Trinajstić information content (AvgIpc) is 3.07. The summed E-state index contributed by atoms with van der Waals surface area (Å²) in [5.74, 6) is 0.830. The molecule has 1 N–H and O–H groups in total. The molecular weight excluding hydrogens is 350 g/mol. The zero-order chi connectivity index (χ0) is 16.9. The number of hydrogen-bond acceptors (Lipinski definition) is 8. The number of thioether (sulfide) groups is 1. The van der Waals surface area contributed by atoms with E-state index >= 15 is 0 Å². The number of rotatable bonds is 7. The second kappa shape index (κ2) is 7.41. The van der Waals surface area contributed by atoms with Crippen LogP contribution in [0.15, 0.2) is 45.1 Å². The van der Waals surface area contributed by atoms with Crippen LogP contribution in [0.1, 0.15) is 6.42 Å². The van der Waals surface area contributed by atoms with Gasteiger partial charge in [-0.25, -0.2) is 9.97 Å². The van der Waals surface area contributed by atoms with Gasteiger partial charge in [0.1, 0.15) is 9.99 Å². The van der Waals surface area contributed by atoms with Gasteiger partial charge >= 0.3 is 11.2 Å². The summed E-state index contributed by atoms with van der Waals surface area (Å²) in [6.07, 6.45) is 3.98. The number of nitrogens with zero attached hydrogens (tertiary/aromatic N) is 4.